The van der Waals surface area contributed by atoms with Crippen LogP contribution in [0.3, 0.4) is 0 Å². The van der Waals surface area contributed by atoms with Crippen molar-refractivity contribution < 1.29 is 27.9 Å². The van der Waals surface area contributed by atoms with E-state index < -0.39 is 34.1 Å². The molecule has 44 heavy (non-hydrogen) atoms. The molecule has 0 saturated carbocycles. The highest BCUT2D eigenvalue weighted by molar-refractivity contribution is 7.98. The smallest absolute Gasteiger partial charge is 0.258 e. The number of para-hydroxylation sites is 1. The molecule has 0 spiro atoms. The van der Waals surface area contributed by atoms with Gasteiger partial charge in [-0.25, -0.2) is 13.1 Å². The van der Waals surface area contributed by atoms with Gasteiger partial charge in [0.15, 0.2) is 6.61 Å². The van der Waals surface area contributed by atoms with Gasteiger partial charge < -0.3 is 24.9 Å². The highest BCUT2D eigenvalue weighted by Crippen LogP contribution is 2.44. The zero-order chi connectivity index (χ0) is 31.7. The number of hydrogen-bond acceptors (Lipinski definition) is 8. The first-order valence-corrected chi connectivity index (χ1v) is 17.6. The summed E-state index contributed by atoms with van der Waals surface area (Å²) in [5.74, 6) is -0.252. The molecule has 1 atom stereocenters. The van der Waals surface area contributed by atoms with Crippen molar-refractivity contribution in [3.8, 4) is 11.5 Å². The second-order valence-corrected chi connectivity index (χ2v) is 13.5. The van der Waals surface area contributed by atoms with E-state index in [2.05, 4.69) is 28.8 Å². The standard InChI is InChI=1S/C33H41N3O6S2/c1-4-6-17-33(18-7-5-2)23-36(25-11-9-8-10-12-25)28-19-30(43-3)29(20-31(28)44(40,41)35-33)42-22-32(39)34-27(21-37)24-13-15-26(38)16-14-24/h8-16,19-21,27,35,38H,4-7,17-18,22-23H2,1-3H3,(H,34,39). The molecule has 1 aliphatic heterocycles. The largest absolute Gasteiger partial charge is 0.508 e. The van der Waals surface area contributed by atoms with Gasteiger partial charge in [0.2, 0.25) is 10.0 Å². The molecule has 3 aromatic carbocycles. The van der Waals surface area contributed by atoms with Crippen LogP contribution >= 0.6 is 11.8 Å². The summed E-state index contributed by atoms with van der Waals surface area (Å²) in [5, 5.41) is 12.1. The summed E-state index contributed by atoms with van der Waals surface area (Å²) < 4.78 is 37.3. The van der Waals surface area contributed by atoms with Crippen LogP contribution in [0.15, 0.2) is 76.5 Å². The van der Waals surface area contributed by atoms with E-state index >= 15 is 0 Å². The number of carbonyl (C=O) groups excluding carboxylic acids is 2. The molecule has 0 fully saturated rings. The van der Waals surface area contributed by atoms with E-state index in [0.29, 0.717) is 41.8 Å². The number of fused-ring (bicyclic) bond motifs is 1. The van der Waals surface area contributed by atoms with Crippen molar-refractivity contribution in [3.63, 3.8) is 0 Å². The minimum atomic E-state index is -3.98. The molecule has 9 nitrogen and oxygen atoms in total. The number of anilines is 2. The molecule has 11 heteroatoms. The predicted octanol–water partition coefficient (Wildman–Crippen LogP) is 6.10. The highest BCUT2D eigenvalue weighted by atomic mass is 32.2. The summed E-state index contributed by atoms with van der Waals surface area (Å²) >= 11 is 1.39. The van der Waals surface area contributed by atoms with E-state index in [1.807, 2.05) is 42.7 Å². The Morgan fingerprint density at radius 2 is 1.75 bits per heavy atom. The van der Waals surface area contributed by atoms with Crippen LogP contribution < -0.4 is 19.7 Å². The van der Waals surface area contributed by atoms with Gasteiger partial charge in [-0.1, -0.05) is 69.9 Å². The number of hydrogen-bond donors (Lipinski definition) is 3. The molecule has 1 amide bonds. The first-order valence-electron chi connectivity index (χ1n) is 14.9. The number of unbranched alkanes of at least 4 members (excludes halogenated alkanes) is 2. The molecule has 236 valence electrons. The Bertz CT molecular complexity index is 1520. The van der Waals surface area contributed by atoms with Crippen LogP contribution in [-0.4, -0.2) is 50.7 Å². The first-order chi connectivity index (χ1) is 21.1. The Morgan fingerprint density at radius 1 is 1.09 bits per heavy atom. The summed E-state index contributed by atoms with van der Waals surface area (Å²) in [5.41, 5.74) is 1.28. The first kappa shape index (κ1) is 33.4. The third kappa shape index (κ3) is 7.94. The number of nitrogens with one attached hydrogen (secondary N) is 2. The number of thioether (sulfide) groups is 1. The van der Waals surface area contributed by atoms with Crippen LogP contribution in [0.5, 0.6) is 11.5 Å². The van der Waals surface area contributed by atoms with E-state index in [1.54, 1.807) is 12.1 Å². The lowest BCUT2D eigenvalue weighted by Crippen LogP contribution is -2.53. The van der Waals surface area contributed by atoms with E-state index in [-0.39, 0.29) is 16.4 Å². The van der Waals surface area contributed by atoms with Crippen molar-refractivity contribution in [3.05, 3.63) is 72.3 Å². The number of amides is 1. The molecule has 1 heterocycles. The quantitative estimate of drug-likeness (QED) is 0.143. The van der Waals surface area contributed by atoms with E-state index in [4.69, 9.17) is 4.74 Å². The maximum atomic E-state index is 14.1. The number of carbonyl (C=O) groups is 2. The molecular weight excluding hydrogens is 599 g/mol. The Morgan fingerprint density at radius 3 is 2.34 bits per heavy atom. The fourth-order valence-corrected chi connectivity index (χ4v) is 7.68. The molecule has 0 aliphatic carbocycles. The van der Waals surface area contributed by atoms with Crippen LogP contribution in [0.2, 0.25) is 0 Å². The molecule has 0 saturated heterocycles. The number of sulfonamides is 1. The summed E-state index contributed by atoms with van der Waals surface area (Å²) in [4.78, 5) is 27.4. The number of rotatable bonds is 14. The monoisotopic (exact) mass is 639 g/mol. The number of phenols is 1. The lowest BCUT2D eigenvalue weighted by Gasteiger charge is -2.37. The topological polar surface area (TPSA) is 125 Å². The van der Waals surface area contributed by atoms with Crippen molar-refractivity contribution in [2.45, 2.75) is 73.7 Å². The van der Waals surface area contributed by atoms with Gasteiger partial charge in [0, 0.05) is 18.3 Å². The van der Waals surface area contributed by atoms with Crippen LogP contribution in [0, 0.1) is 0 Å². The van der Waals surface area contributed by atoms with Gasteiger partial charge in [-0.05, 0) is 55.0 Å². The number of aromatic hydroxyl groups is 1. The van der Waals surface area contributed by atoms with Crippen molar-refractivity contribution in [1.82, 2.24) is 10.0 Å². The summed E-state index contributed by atoms with van der Waals surface area (Å²) in [7, 11) is -3.98. The highest BCUT2D eigenvalue weighted by Gasteiger charge is 2.42. The second-order valence-electron chi connectivity index (χ2n) is 11.0. The molecule has 1 unspecified atom stereocenters. The van der Waals surface area contributed by atoms with Crippen molar-refractivity contribution >= 4 is 45.4 Å². The van der Waals surface area contributed by atoms with Crippen molar-refractivity contribution in [1.29, 1.82) is 0 Å². The molecule has 3 aromatic rings. The van der Waals surface area contributed by atoms with Gasteiger partial charge in [-0.3, -0.25) is 4.79 Å². The summed E-state index contributed by atoms with van der Waals surface area (Å²) in [6, 6.07) is 18.1. The second kappa shape index (κ2) is 15.0. The average molecular weight is 640 g/mol. The van der Waals surface area contributed by atoms with Gasteiger partial charge >= 0.3 is 0 Å². The summed E-state index contributed by atoms with van der Waals surface area (Å²) in [6.07, 6.45) is 7.54. The van der Waals surface area contributed by atoms with E-state index in [1.165, 1.54) is 30.0 Å². The average Bonchev–Trinajstić information content (AvgIpc) is 3.12. The maximum Gasteiger partial charge on any atom is 0.258 e. The Labute approximate surface area is 264 Å². The van der Waals surface area contributed by atoms with Gasteiger partial charge in [0.05, 0.1) is 16.1 Å². The van der Waals surface area contributed by atoms with Crippen LogP contribution in [0.25, 0.3) is 0 Å². The lowest BCUT2D eigenvalue weighted by atomic mass is 9.87. The molecule has 1 aliphatic rings. The molecular formula is C33H41N3O6S2. The van der Waals surface area contributed by atoms with Crippen LogP contribution in [0.1, 0.15) is 64.0 Å². The van der Waals surface area contributed by atoms with Gasteiger partial charge in [-0.2, -0.15) is 0 Å². The number of benzene rings is 3. The van der Waals surface area contributed by atoms with Crippen LogP contribution in [0.4, 0.5) is 11.4 Å². The fraction of sp³-hybridized carbons (Fsp3) is 0.394. The number of ether oxygens (including phenoxy) is 1. The SMILES string of the molecule is CCCCC1(CCCC)CN(c2ccccc2)c2cc(SC)c(OCC(=O)NC(C=O)c3ccc(O)cc3)cc2S(=O)(=O)N1. The van der Waals surface area contributed by atoms with E-state index in [0.717, 1.165) is 31.4 Å². The molecule has 0 radical (unpaired) electrons. The molecule has 0 aromatic heterocycles. The minimum Gasteiger partial charge on any atom is -0.508 e. The van der Waals surface area contributed by atoms with Gasteiger partial charge in [-0.15, -0.1) is 11.8 Å². The summed E-state index contributed by atoms with van der Waals surface area (Å²) in [6.45, 7) is 4.26. The third-order valence-corrected chi connectivity index (χ3v) is 10.2. The normalized spacial score (nSPS) is 15.9. The zero-order valence-corrected chi connectivity index (χ0v) is 27.0. The predicted molar refractivity (Wildman–Crippen MR) is 174 cm³/mol. The van der Waals surface area contributed by atoms with Gasteiger partial charge in [0.1, 0.15) is 28.7 Å². The number of phenolic OH excluding ortho intramolecular Hbond substituents is 1. The number of nitrogens with zero attached hydrogens (tertiary/aromatic N) is 1. The zero-order valence-electron chi connectivity index (χ0n) is 25.4. The van der Waals surface area contributed by atoms with Crippen molar-refractivity contribution in [2.75, 3.05) is 24.3 Å². The molecule has 4 rings (SSSR count). The lowest BCUT2D eigenvalue weighted by molar-refractivity contribution is -0.125. The van der Waals surface area contributed by atoms with Crippen LogP contribution in [-0.2, 0) is 19.6 Å². The Hall–Kier alpha value is -3.54. The van der Waals surface area contributed by atoms with E-state index in [9.17, 15) is 23.1 Å². The minimum absolute atomic E-state index is 0.0455. The Balaban J connectivity index is 1.70. The maximum absolute atomic E-state index is 14.1. The fourth-order valence-electron chi connectivity index (χ4n) is 5.48. The number of aldehydes is 1. The third-order valence-electron chi connectivity index (χ3n) is 7.79. The van der Waals surface area contributed by atoms with Gasteiger partial charge in [0.25, 0.3) is 5.91 Å². The molecule has 0 bridgehead atoms. The molecule has 3 N–H and O–H groups in total. The Kier molecular flexibility index (Phi) is 11.3. The van der Waals surface area contributed by atoms with Crippen molar-refractivity contribution in [2.24, 2.45) is 0 Å².